The summed E-state index contributed by atoms with van der Waals surface area (Å²) in [6.07, 6.45) is 6.11. The fourth-order valence-electron chi connectivity index (χ4n) is 1.29. The summed E-state index contributed by atoms with van der Waals surface area (Å²) in [7, 11) is -0.153. The van der Waals surface area contributed by atoms with Crippen LogP contribution in [0.1, 0.15) is 5.56 Å². The number of hydrogen-bond acceptors (Lipinski definition) is 0. The highest BCUT2D eigenvalue weighted by atomic mass is 32.2. The predicted octanol–water partition coefficient (Wildman–Crippen LogP) is 3.73. The van der Waals surface area contributed by atoms with E-state index in [1.807, 2.05) is 6.08 Å². The van der Waals surface area contributed by atoms with Gasteiger partial charge in [-0.2, -0.15) is 10.9 Å². The van der Waals surface area contributed by atoms with Crippen molar-refractivity contribution >= 4 is 17.0 Å². The molecule has 0 nitrogen and oxygen atoms in total. The minimum absolute atomic E-state index is 0.153. The van der Waals surface area contributed by atoms with Gasteiger partial charge in [-0.15, -0.1) is 0 Å². The van der Waals surface area contributed by atoms with Gasteiger partial charge in [-0.25, -0.2) is 0 Å². The van der Waals surface area contributed by atoms with Crippen LogP contribution in [-0.4, -0.2) is 0 Å². The minimum atomic E-state index is -0.153. The lowest BCUT2D eigenvalue weighted by Crippen LogP contribution is -1.75. The van der Waals surface area contributed by atoms with Gasteiger partial charge in [0.05, 0.1) is 0 Å². The third kappa shape index (κ3) is 1.76. The molecule has 66 valence electrons. The van der Waals surface area contributed by atoms with E-state index < -0.39 is 0 Å². The lowest BCUT2D eigenvalue weighted by Gasteiger charge is -2.09. The molecule has 0 bridgehead atoms. The van der Waals surface area contributed by atoms with Gasteiger partial charge in [-0.3, -0.25) is 0 Å². The lowest BCUT2D eigenvalue weighted by atomic mass is 10.2. The Morgan fingerprint density at radius 1 is 1.00 bits per heavy atom. The average Bonchev–Trinajstić information content (AvgIpc) is 2.71. The molecule has 0 aliphatic carbocycles. The Hall–Kier alpha value is -1.21. The summed E-state index contributed by atoms with van der Waals surface area (Å²) >= 11 is 0. The van der Waals surface area contributed by atoms with Gasteiger partial charge in [-0.1, -0.05) is 36.9 Å². The van der Waals surface area contributed by atoms with Crippen LogP contribution in [0.4, 0.5) is 0 Å². The van der Waals surface area contributed by atoms with Crippen LogP contribution in [0.15, 0.2) is 58.7 Å². The van der Waals surface area contributed by atoms with Crippen molar-refractivity contribution in [2.45, 2.75) is 4.90 Å². The predicted molar refractivity (Wildman–Crippen MR) is 62.1 cm³/mol. The van der Waals surface area contributed by atoms with Crippen molar-refractivity contribution in [3.05, 3.63) is 59.4 Å². The monoisotopic (exact) mass is 188 g/mol. The molecule has 2 rings (SSSR count). The molecule has 0 atom stereocenters. The zero-order chi connectivity index (χ0) is 9.10. The van der Waals surface area contributed by atoms with Gasteiger partial charge in [0.1, 0.15) is 0 Å². The fourth-order valence-corrected chi connectivity index (χ4v) is 2.80. The molecule has 0 amide bonds. The van der Waals surface area contributed by atoms with Crippen molar-refractivity contribution in [2.75, 3.05) is 0 Å². The molecule has 0 aromatic heterocycles. The van der Waals surface area contributed by atoms with Gasteiger partial charge in [0.15, 0.2) is 0 Å². The van der Waals surface area contributed by atoms with Crippen LogP contribution in [0.3, 0.4) is 0 Å². The highest BCUT2D eigenvalue weighted by Crippen LogP contribution is 2.41. The SMILES string of the molecule is C=Cc1ccc([SH]2C=CC=C2)cc1. The van der Waals surface area contributed by atoms with E-state index in [0.29, 0.717) is 0 Å². The molecular formula is C12H12S. The highest BCUT2D eigenvalue weighted by Gasteiger charge is 2.01. The van der Waals surface area contributed by atoms with E-state index in [4.69, 9.17) is 0 Å². The molecule has 13 heavy (non-hydrogen) atoms. The van der Waals surface area contributed by atoms with E-state index in [2.05, 4.69) is 53.8 Å². The maximum absolute atomic E-state index is 3.74. The van der Waals surface area contributed by atoms with E-state index in [-0.39, 0.29) is 10.9 Å². The van der Waals surface area contributed by atoms with Crippen LogP contribution < -0.4 is 0 Å². The van der Waals surface area contributed by atoms with E-state index in [9.17, 15) is 0 Å². The van der Waals surface area contributed by atoms with Crippen LogP contribution in [0.25, 0.3) is 6.08 Å². The maximum atomic E-state index is 3.74. The molecule has 1 aliphatic heterocycles. The third-order valence-corrected chi connectivity index (χ3v) is 3.91. The Kier molecular flexibility index (Phi) is 2.37. The first-order valence-electron chi connectivity index (χ1n) is 4.26. The van der Waals surface area contributed by atoms with Gasteiger partial charge in [0, 0.05) is 0 Å². The van der Waals surface area contributed by atoms with Crippen LogP contribution in [-0.2, 0) is 0 Å². The maximum Gasteiger partial charge on any atom is -0.00548 e. The molecule has 0 saturated carbocycles. The van der Waals surface area contributed by atoms with Crippen molar-refractivity contribution in [1.82, 2.24) is 0 Å². The number of benzene rings is 1. The quantitative estimate of drug-likeness (QED) is 0.672. The number of thiol groups is 1. The summed E-state index contributed by atoms with van der Waals surface area (Å²) < 4.78 is 0. The summed E-state index contributed by atoms with van der Waals surface area (Å²) in [6.45, 7) is 3.74. The Morgan fingerprint density at radius 3 is 2.15 bits per heavy atom. The van der Waals surface area contributed by atoms with Crippen LogP contribution in [0.5, 0.6) is 0 Å². The fraction of sp³-hybridized carbons (Fsp3) is 0. The van der Waals surface area contributed by atoms with Gasteiger partial charge >= 0.3 is 0 Å². The molecule has 0 N–H and O–H groups in total. The Balaban J connectivity index is 2.27. The first kappa shape index (κ1) is 8.39. The molecule has 0 saturated heterocycles. The number of rotatable bonds is 2. The van der Waals surface area contributed by atoms with Crippen molar-refractivity contribution in [3.63, 3.8) is 0 Å². The summed E-state index contributed by atoms with van der Waals surface area (Å²) in [4.78, 5) is 1.41. The average molecular weight is 188 g/mol. The number of allylic oxidation sites excluding steroid dienone is 2. The minimum Gasteiger partial charge on any atom is -0.186 e. The van der Waals surface area contributed by atoms with E-state index in [0.717, 1.165) is 0 Å². The molecule has 1 heterocycles. The zero-order valence-electron chi connectivity index (χ0n) is 7.35. The number of hydrogen-bond donors (Lipinski definition) is 1. The van der Waals surface area contributed by atoms with Crippen molar-refractivity contribution in [3.8, 4) is 0 Å². The van der Waals surface area contributed by atoms with Crippen LogP contribution in [0, 0.1) is 0 Å². The molecule has 0 spiro atoms. The van der Waals surface area contributed by atoms with Crippen molar-refractivity contribution in [1.29, 1.82) is 0 Å². The van der Waals surface area contributed by atoms with Gasteiger partial charge in [0.25, 0.3) is 0 Å². The Morgan fingerprint density at radius 2 is 1.62 bits per heavy atom. The molecule has 0 fully saturated rings. The molecule has 1 aromatic carbocycles. The summed E-state index contributed by atoms with van der Waals surface area (Å²) in [6, 6.07) is 8.60. The molecule has 1 aromatic rings. The second-order valence-electron chi connectivity index (χ2n) is 2.89. The van der Waals surface area contributed by atoms with Gasteiger partial charge in [0.2, 0.25) is 0 Å². The summed E-state index contributed by atoms with van der Waals surface area (Å²) in [5.41, 5.74) is 1.19. The van der Waals surface area contributed by atoms with Crippen LogP contribution in [0.2, 0.25) is 0 Å². The first-order valence-corrected chi connectivity index (χ1v) is 5.74. The summed E-state index contributed by atoms with van der Waals surface area (Å²) in [5.74, 6) is 0. The van der Waals surface area contributed by atoms with E-state index in [1.54, 1.807) is 0 Å². The second kappa shape index (κ2) is 3.67. The molecule has 1 aliphatic rings. The first-order chi connectivity index (χ1) is 6.40. The highest BCUT2D eigenvalue weighted by molar-refractivity contribution is 8.22. The second-order valence-corrected chi connectivity index (χ2v) is 4.81. The van der Waals surface area contributed by atoms with Crippen molar-refractivity contribution < 1.29 is 0 Å². The van der Waals surface area contributed by atoms with Gasteiger partial charge < -0.3 is 0 Å². The molecule has 0 unspecified atom stereocenters. The topological polar surface area (TPSA) is 0 Å². The normalized spacial score (nSPS) is 16.5. The largest absolute Gasteiger partial charge is 0.186 e. The Bertz CT molecular complexity index is 345. The van der Waals surface area contributed by atoms with E-state index >= 15 is 0 Å². The Labute approximate surface area is 81.6 Å². The molecule has 1 heteroatoms. The smallest absolute Gasteiger partial charge is 0.00548 e. The van der Waals surface area contributed by atoms with Crippen LogP contribution >= 0.6 is 10.9 Å². The zero-order valence-corrected chi connectivity index (χ0v) is 8.24. The molecular weight excluding hydrogens is 176 g/mol. The lowest BCUT2D eigenvalue weighted by molar-refractivity contribution is 1.45. The summed E-state index contributed by atoms with van der Waals surface area (Å²) in [5, 5.41) is 4.52. The standard InChI is InChI=1S/C12H12S/c1-2-11-5-7-12(8-6-11)13-9-3-4-10-13/h2-10,13H,1H2. The third-order valence-electron chi connectivity index (χ3n) is 2.03. The van der Waals surface area contributed by atoms with Crippen molar-refractivity contribution in [2.24, 2.45) is 0 Å². The molecule has 0 radical (unpaired) electrons. The van der Waals surface area contributed by atoms with Gasteiger partial charge in [-0.05, 0) is 33.4 Å². The van der Waals surface area contributed by atoms with E-state index in [1.165, 1.54) is 10.5 Å².